The second kappa shape index (κ2) is 6.14. The lowest BCUT2D eigenvalue weighted by Crippen LogP contribution is -2.31. The number of benzene rings is 1. The standard InChI is InChI=1S/C14H16N2O3S/c1-10-2-3-11(9-15)14(8-10)20(19)13-6-4-12(5-7-13)16(17)18/h4-7,10-11,14H,2-3,8H2,1H3. The van der Waals surface area contributed by atoms with Gasteiger partial charge in [-0.3, -0.25) is 14.3 Å². The highest BCUT2D eigenvalue weighted by Gasteiger charge is 2.33. The Hall–Kier alpha value is -1.74. The first-order valence-corrected chi connectivity index (χ1v) is 7.79. The summed E-state index contributed by atoms with van der Waals surface area (Å²) in [6.45, 7) is 2.10. The molecule has 1 aliphatic rings. The van der Waals surface area contributed by atoms with E-state index >= 15 is 0 Å². The number of nitriles is 1. The fourth-order valence-corrected chi connectivity index (χ4v) is 4.34. The van der Waals surface area contributed by atoms with Crippen LogP contribution in [0.1, 0.15) is 26.2 Å². The first-order valence-electron chi connectivity index (χ1n) is 6.57. The number of nitrogens with zero attached hydrogens (tertiary/aromatic N) is 2. The number of rotatable bonds is 3. The van der Waals surface area contributed by atoms with Crippen LogP contribution in [0.3, 0.4) is 0 Å². The van der Waals surface area contributed by atoms with E-state index in [4.69, 9.17) is 0 Å². The number of nitro benzene ring substituents is 1. The summed E-state index contributed by atoms with van der Waals surface area (Å²) in [5.74, 6) is 0.272. The Kier molecular flexibility index (Phi) is 4.50. The van der Waals surface area contributed by atoms with E-state index in [-0.39, 0.29) is 16.9 Å². The summed E-state index contributed by atoms with van der Waals surface area (Å²) in [6.07, 6.45) is 2.54. The maximum absolute atomic E-state index is 12.6. The maximum atomic E-state index is 12.6. The highest BCUT2D eigenvalue weighted by Crippen LogP contribution is 2.34. The molecule has 0 N–H and O–H groups in total. The van der Waals surface area contributed by atoms with Gasteiger partial charge in [-0.2, -0.15) is 5.26 Å². The molecule has 0 amide bonds. The molecule has 2 rings (SSSR count). The Bertz CT molecular complexity index is 565. The molecule has 1 aromatic rings. The lowest BCUT2D eigenvalue weighted by Gasteiger charge is -2.30. The van der Waals surface area contributed by atoms with Crippen molar-refractivity contribution in [3.8, 4) is 6.07 Å². The summed E-state index contributed by atoms with van der Waals surface area (Å²) in [4.78, 5) is 10.7. The third-order valence-corrected chi connectivity index (χ3v) is 5.58. The average molecular weight is 292 g/mol. The maximum Gasteiger partial charge on any atom is 0.269 e. The Morgan fingerprint density at radius 3 is 2.55 bits per heavy atom. The molecule has 0 aromatic heterocycles. The molecule has 0 bridgehead atoms. The van der Waals surface area contributed by atoms with Crippen LogP contribution in [-0.2, 0) is 10.8 Å². The fourth-order valence-electron chi connectivity index (χ4n) is 2.59. The third-order valence-electron chi connectivity index (χ3n) is 3.77. The van der Waals surface area contributed by atoms with Crippen molar-refractivity contribution in [3.63, 3.8) is 0 Å². The van der Waals surface area contributed by atoms with Crippen LogP contribution in [0.4, 0.5) is 5.69 Å². The topological polar surface area (TPSA) is 84.0 Å². The molecule has 4 atom stereocenters. The van der Waals surface area contributed by atoms with Crippen molar-refractivity contribution in [1.29, 1.82) is 5.26 Å². The quantitative estimate of drug-likeness (QED) is 0.633. The third kappa shape index (κ3) is 3.05. The van der Waals surface area contributed by atoms with E-state index in [1.807, 2.05) is 0 Å². The van der Waals surface area contributed by atoms with E-state index in [0.717, 1.165) is 19.3 Å². The van der Waals surface area contributed by atoms with Crippen molar-refractivity contribution in [1.82, 2.24) is 0 Å². The summed E-state index contributed by atoms with van der Waals surface area (Å²) in [6, 6.07) is 8.04. The van der Waals surface area contributed by atoms with Gasteiger partial charge < -0.3 is 0 Å². The smallest absolute Gasteiger partial charge is 0.258 e. The average Bonchev–Trinajstić information content (AvgIpc) is 2.46. The molecular weight excluding hydrogens is 276 g/mol. The zero-order chi connectivity index (χ0) is 14.7. The largest absolute Gasteiger partial charge is 0.269 e. The van der Waals surface area contributed by atoms with Crippen molar-refractivity contribution < 1.29 is 9.13 Å². The van der Waals surface area contributed by atoms with Gasteiger partial charge in [0.25, 0.3) is 5.69 Å². The second-order valence-corrected chi connectivity index (χ2v) is 6.91. The van der Waals surface area contributed by atoms with Gasteiger partial charge in [0.1, 0.15) is 0 Å². The monoisotopic (exact) mass is 292 g/mol. The normalized spacial score (nSPS) is 27.5. The minimum Gasteiger partial charge on any atom is -0.258 e. The van der Waals surface area contributed by atoms with Crippen molar-refractivity contribution in [2.45, 2.75) is 36.3 Å². The number of nitro groups is 1. The van der Waals surface area contributed by atoms with Gasteiger partial charge >= 0.3 is 0 Å². The van der Waals surface area contributed by atoms with Gasteiger partial charge in [0.05, 0.1) is 33.0 Å². The lowest BCUT2D eigenvalue weighted by atomic mass is 9.83. The summed E-state index contributed by atoms with van der Waals surface area (Å²) < 4.78 is 12.6. The number of hydrogen-bond donors (Lipinski definition) is 0. The second-order valence-electron chi connectivity index (χ2n) is 5.24. The van der Waals surface area contributed by atoms with Crippen molar-refractivity contribution in [2.24, 2.45) is 11.8 Å². The minimum absolute atomic E-state index is 0.0143. The van der Waals surface area contributed by atoms with E-state index in [0.29, 0.717) is 10.8 Å². The van der Waals surface area contributed by atoms with Gasteiger partial charge in [-0.1, -0.05) is 6.92 Å². The van der Waals surface area contributed by atoms with Crippen LogP contribution in [0.5, 0.6) is 0 Å². The molecule has 0 aliphatic heterocycles. The van der Waals surface area contributed by atoms with Crippen LogP contribution < -0.4 is 0 Å². The molecular formula is C14H16N2O3S. The number of hydrogen-bond acceptors (Lipinski definition) is 4. The zero-order valence-electron chi connectivity index (χ0n) is 11.2. The SMILES string of the molecule is CC1CCC(C#N)C(S(=O)c2ccc([N+](=O)[O-])cc2)C1. The fraction of sp³-hybridized carbons (Fsp3) is 0.500. The molecule has 5 nitrogen and oxygen atoms in total. The van der Waals surface area contributed by atoms with E-state index in [1.165, 1.54) is 24.3 Å². The van der Waals surface area contributed by atoms with Gasteiger partial charge in [0, 0.05) is 17.0 Å². The highest BCUT2D eigenvalue weighted by atomic mass is 32.2. The first kappa shape index (κ1) is 14.7. The molecule has 1 aliphatic carbocycles. The molecule has 106 valence electrons. The Balaban J connectivity index is 2.21. The zero-order valence-corrected chi connectivity index (χ0v) is 12.0. The van der Waals surface area contributed by atoms with E-state index in [2.05, 4.69) is 13.0 Å². The Morgan fingerprint density at radius 2 is 2.00 bits per heavy atom. The van der Waals surface area contributed by atoms with Crippen LogP contribution in [0.25, 0.3) is 0 Å². The van der Waals surface area contributed by atoms with Crippen LogP contribution in [0.2, 0.25) is 0 Å². The van der Waals surface area contributed by atoms with Crippen LogP contribution >= 0.6 is 0 Å². The molecule has 1 fully saturated rings. The van der Waals surface area contributed by atoms with E-state index in [9.17, 15) is 19.6 Å². The molecule has 4 unspecified atom stereocenters. The minimum atomic E-state index is -1.29. The summed E-state index contributed by atoms with van der Waals surface area (Å²) >= 11 is 0. The molecule has 0 heterocycles. The van der Waals surface area contributed by atoms with Crippen LogP contribution in [0, 0.1) is 33.3 Å². The molecule has 0 saturated heterocycles. The highest BCUT2D eigenvalue weighted by molar-refractivity contribution is 7.85. The lowest BCUT2D eigenvalue weighted by molar-refractivity contribution is -0.384. The van der Waals surface area contributed by atoms with E-state index in [1.54, 1.807) is 0 Å². The number of non-ortho nitro benzene ring substituents is 1. The molecule has 1 aromatic carbocycles. The molecule has 20 heavy (non-hydrogen) atoms. The molecule has 6 heteroatoms. The van der Waals surface area contributed by atoms with Crippen molar-refractivity contribution in [2.75, 3.05) is 0 Å². The Morgan fingerprint density at radius 1 is 1.35 bits per heavy atom. The predicted octanol–water partition coefficient (Wildman–Crippen LogP) is 3.03. The van der Waals surface area contributed by atoms with Gasteiger partial charge in [-0.15, -0.1) is 0 Å². The van der Waals surface area contributed by atoms with Crippen molar-refractivity contribution in [3.05, 3.63) is 34.4 Å². The summed E-state index contributed by atoms with van der Waals surface area (Å²) in [5.41, 5.74) is -0.0143. The van der Waals surface area contributed by atoms with Gasteiger partial charge in [-0.25, -0.2) is 0 Å². The molecule has 0 radical (unpaired) electrons. The van der Waals surface area contributed by atoms with Gasteiger partial charge in [0.15, 0.2) is 0 Å². The van der Waals surface area contributed by atoms with E-state index < -0.39 is 15.7 Å². The molecule has 0 spiro atoms. The summed E-state index contributed by atoms with van der Waals surface area (Å²) in [7, 11) is -1.29. The van der Waals surface area contributed by atoms with Crippen molar-refractivity contribution >= 4 is 16.5 Å². The summed E-state index contributed by atoms with van der Waals surface area (Å²) in [5, 5.41) is 19.6. The molecule has 1 saturated carbocycles. The predicted molar refractivity (Wildman–Crippen MR) is 75.4 cm³/mol. The Labute approximate surface area is 120 Å². The van der Waals surface area contributed by atoms with Gasteiger partial charge in [0.2, 0.25) is 0 Å². The van der Waals surface area contributed by atoms with Gasteiger partial charge in [-0.05, 0) is 37.3 Å². The van der Waals surface area contributed by atoms with Crippen LogP contribution in [-0.4, -0.2) is 14.4 Å². The first-order chi connectivity index (χ1) is 9.52. The van der Waals surface area contributed by atoms with Crippen LogP contribution in [0.15, 0.2) is 29.2 Å².